The van der Waals surface area contributed by atoms with Gasteiger partial charge in [-0.2, -0.15) is 18.4 Å². The lowest BCUT2D eigenvalue weighted by molar-refractivity contribution is -0.139. The Hall–Kier alpha value is -3.16. The molecule has 3 aliphatic rings. The summed E-state index contributed by atoms with van der Waals surface area (Å²) in [5.41, 5.74) is 0.232. The van der Waals surface area contributed by atoms with Crippen LogP contribution in [0.25, 0.3) is 0 Å². The molecule has 2 amide bonds. The summed E-state index contributed by atoms with van der Waals surface area (Å²) in [5.74, 6) is -1.04. The summed E-state index contributed by atoms with van der Waals surface area (Å²) in [6.45, 7) is 2.14. The molecule has 4 atom stereocenters. The molecule has 0 bridgehead atoms. The van der Waals surface area contributed by atoms with E-state index in [-0.39, 0.29) is 17.1 Å². The van der Waals surface area contributed by atoms with Gasteiger partial charge in [0.25, 0.3) is 0 Å². The number of aliphatic hydroxyl groups is 1. The van der Waals surface area contributed by atoms with Crippen molar-refractivity contribution < 1.29 is 27.5 Å². The summed E-state index contributed by atoms with van der Waals surface area (Å²) < 4.78 is 53.4. The molecule has 1 saturated heterocycles. The zero-order valence-electron chi connectivity index (χ0n) is 20.8. The van der Waals surface area contributed by atoms with E-state index in [0.29, 0.717) is 49.7 Å². The Balaban J connectivity index is 1.32. The number of anilines is 1. The number of aliphatic hydroxyl groups excluding tert-OH is 1. The molecule has 10 heteroatoms. The van der Waals surface area contributed by atoms with Crippen LogP contribution in [0, 0.1) is 23.1 Å². The van der Waals surface area contributed by atoms with E-state index in [0.717, 1.165) is 43.9 Å². The van der Waals surface area contributed by atoms with E-state index >= 15 is 0 Å². The zero-order chi connectivity index (χ0) is 27.1. The number of carbonyl (C=O) groups excluding carboxylic acids is 1. The fourth-order valence-electron chi connectivity index (χ4n) is 6.28. The maximum Gasteiger partial charge on any atom is 0.419 e. The molecule has 2 unspecified atom stereocenters. The first-order valence-electron chi connectivity index (χ1n) is 12.9. The van der Waals surface area contributed by atoms with Gasteiger partial charge in [0.15, 0.2) is 0 Å². The molecule has 1 aliphatic heterocycles. The second kappa shape index (κ2) is 10.2. The topological polar surface area (TPSA) is 79.6 Å². The summed E-state index contributed by atoms with van der Waals surface area (Å²) in [7, 11) is 0. The lowest BCUT2D eigenvalue weighted by atomic mass is 9.80. The number of benzene rings is 2. The third-order valence-electron chi connectivity index (χ3n) is 8.41. The van der Waals surface area contributed by atoms with Gasteiger partial charge in [0.2, 0.25) is 0 Å². The number of halogens is 4. The number of hydrogen-bond donors (Lipinski definition) is 2. The van der Waals surface area contributed by atoms with E-state index < -0.39 is 29.7 Å². The Morgan fingerprint density at radius 1 is 1.24 bits per heavy atom. The van der Waals surface area contributed by atoms with Crippen LogP contribution in [0.3, 0.4) is 0 Å². The molecule has 5 rings (SSSR count). The second-order valence-electron chi connectivity index (χ2n) is 10.7. The summed E-state index contributed by atoms with van der Waals surface area (Å²) >= 11 is 0. The van der Waals surface area contributed by atoms with E-state index in [1.54, 1.807) is 11.0 Å². The van der Waals surface area contributed by atoms with Gasteiger partial charge in [-0.05, 0) is 79.3 Å². The van der Waals surface area contributed by atoms with E-state index in [1.807, 2.05) is 12.1 Å². The molecule has 6 nitrogen and oxygen atoms in total. The van der Waals surface area contributed by atoms with Gasteiger partial charge < -0.3 is 15.3 Å². The number of urea groups is 1. The highest BCUT2D eigenvalue weighted by Crippen LogP contribution is 2.62. The van der Waals surface area contributed by atoms with Crippen molar-refractivity contribution in [3.05, 3.63) is 65.0 Å². The number of nitrogens with zero attached hydrogens (tertiary/aromatic N) is 3. The molecule has 3 fully saturated rings. The lowest BCUT2D eigenvalue weighted by Gasteiger charge is -2.37. The van der Waals surface area contributed by atoms with Crippen LogP contribution in [0.15, 0.2) is 42.5 Å². The number of nitriles is 1. The van der Waals surface area contributed by atoms with E-state index in [9.17, 15) is 32.7 Å². The Labute approximate surface area is 218 Å². The van der Waals surface area contributed by atoms with Crippen molar-refractivity contribution in [3.8, 4) is 6.07 Å². The summed E-state index contributed by atoms with van der Waals surface area (Å²) in [6.07, 6.45) is -1.31. The first-order chi connectivity index (χ1) is 18.1. The molecule has 2 aromatic rings. The number of rotatable bonds is 6. The van der Waals surface area contributed by atoms with Gasteiger partial charge in [-0.25, -0.2) is 9.18 Å². The molecule has 1 heterocycles. The normalized spacial score (nSPS) is 26.9. The molecule has 0 aromatic heterocycles. The minimum atomic E-state index is -4.87. The fraction of sp³-hybridized carbons (Fsp3) is 0.500. The maximum absolute atomic E-state index is 13.8. The van der Waals surface area contributed by atoms with E-state index in [2.05, 4.69) is 22.4 Å². The first-order valence-corrected chi connectivity index (χ1v) is 12.9. The van der Waals surface area contributed by atoms with Crippen LogP contribution >= 0.6 is 0 Å². The first kappa shape index (κ1) is 26.4. The van der Waals surface area contributed by atoms with Crippen molar-refractivity contribution in [1.82, 2.24) is 9.80 Å². The van der Waals surface area contributed by atoms with E-state index in [1.165, 1.54) is 0 Å². The smallest absolute Gasteiger partial charge is 0.392 e. The van der Waals surface area contributed by atoms with Crippen LogP contribution in [-0.4, -0.2) is 59.3 Å². The standard InChI is InChI=1S/C28H30F4N4O2/c29-25-5-4-21(14-24(25)28(30,31)32)34-26(38)36(11-10-35-9-7-23(37)17-35)22-6-8-27(15-20(27)13-22)19-3-1-2-18(12-19)16-33/h1-5,12,14,20,22-23,37H,6-11,13,15,17H2,(H,34,38)/t20?,22-,23-,27?/m1/s1. The van der Waals surface area contributed by atoms with Gasteiger partial charge in [0, 0.05) is 37.9 Å². The third kappa shape index (κ3) is 5.36. The van der Waals surface area contributed by atoms with Gasteiger partial charge >= 0.3 is 12.2 Å². The van der Waals surface area contributed by atoms with Crippen LogP contribution in [0.2, 0.25) is 0 Å². The van der Waals surface area contributed by atoms with E-state index in [4.69, 9.17) is 0 Å². The molecular formula is C28H30F4N4O2. The number of nitrogens with one attached hydrogen (secondary N) is 1. The number of amides is 2. The third-order valence-corrected chi connectivity index (χ3v) is 8.41. The lowest BCUT2D eigenvalue weighted by Crippen LogP contribution is -2.48. The molecule has 2 N–H and O–H groups in total. The minimum absolute atomic E-state index is 0.00311. The molecular weight excluding hydrogens is 500 g/mol. The van der Waals surface area contributed by atoms with Gasteiger partial charge in [-0.1, -0.05) is 12.1 Å². The number of alkyl halides is 3. The van der Waals surface area contributed by atoms with Crippen LogP contribution in [0.4, 0.5) is 28.0 Å². The van der Waals surface area contributed by atoms with Gasteiger partial charge in [-0.15, -0.1) is 0 Å². The van der Waals surface area contributed by atoms with Crippen molar-refractivity contribution in [2.24, 2.45) is 5.92 Å². The highest BCUT2D eigenvalue weighted by Gasteiger charge is 2.58. The SMILES string of the molecule is N#Cc1cccc(C23CC[C@@H](N(CCN4CC[C@@H](O)C4)C(=O)Nc4ccc(F)c(C(F)(F)F)c4)CC2C3)c1. The number of fused-ring (bicyclic) bond motifs is 1. The zero-order valence-corrected chi connectivity index (χ0v) is 20.8. The van der Waals surface area contributed by atoms with Gasteiger partial charge in [0.05, 0.1) is 23.3 Å². The van der Waals surface area contributed by atoms with Crippen LogP contribution in [0.1, 0.15) is 48.8 Å². The van der Waals surface area contributed by atoms with Crippen molar-refractivity contribution in [2.75, 3.05) is 31.5 Å². The second-order valence-corrected chi connectivity index (χ2v) is 10.7. The number of likely N-dealkylation sites (tertiary alicyclic amines) is 1. The Kier molecular flexibility index (Phi) is 7.09. The average molecular weight is 531 g/mol. The van der Waals surface area contributed by atoms with Crippen molar-refractivity contribution in [2.45, 2.75) is 55.8 Å². The number of carbonyl (C=O) groups is 1. The molecule has 2 saturated carbocycles. The van der Waals surface area contributed by atoms with Crippen molar-refractivity contribution >= 4 is 11.7 Å². The Morgan fingerprint density at radius 2 is 2.05 bits per heavy atom. The molecule has 2 aliphatic carbocycles. The predicted octanol–water partition coefficient (Wildman–Crippen LogP) is 5.13. The molecule has 202 valence electrons. The van der Waals surface area contributed by atoms with Crippen molar-refractivity contribution in [1.29, 1.82) is 5.26 Å². The minimum Gasteiger partial charge on any atom is -0.392 e. The molecule has 2 aromatic carbocycles. The van der Waals surface area contributed by atoms with Gasteiger partial charge in [-0.3, -0.25) is 4.90 Å². The van der Waals surface area contributed by atoms with Crippen LogP contribution in [0.5, 0.6) is 0 Å². The van der Waals surface area contributed by atoms with Crippen molar-refractivity contribution in [3.63, 3.8) is 0 Å². The largest absolute Gasteiger partial charge is 0.419 e. The fourth-order valence-corrected chi connectivity index (χ4v) is 6.28. The number of hydrogen-bond acceptors (Lipinski definition) is 4. The highest BCUT2D eigenvalue weighted by molar-refractivity contribution is 5.89. The van der Waals surface area contributed by atoms with Gasteiger partial charge in [0.1, 0.15) is 5.82 Å². The Morgan fingerprint density at radius 3 is 2.74 bits per heavy atom. The monoisotopic (exact) mass is 530 g/mol. The quantitative estimate of drug-likeness (QED) is 0.508. The molecule has 0 radical (unpaired) electrons. The van der Waals surface area contributed by atoms with Crippen LogP contribution in [-0.2, 0) is 11.6 Å². The number of β-amino-alcohol motifs (C(OH)–C–C–N with tert-alkyl or cyclic N) is 1. The maximum atomic E-state index is 13.8. The molecule has 38 heavy (non-hydrogen) atoms. The summed E-state index contributed by atoms with van der Waals surface area (Å²) in [5, 5.41) is 21.7. The average Bonchev–Trinajstić information content (AvgIpc) is 3.49. The highest BCUT2D eigenvalue weighted by atomic mass is 19.4. The summed E-state index contributed by atoms with van der Waals surface area (Å²) in [4.78, 5) is 17.2. The molecule has 0 spiro atoms. The van der Waals surface area contributed by atoms with Crippen LogP contribution < -0.4 is 5.32 Å². The predicted molar refractivity (Wildman–Crippen MR) is 133 cm³/mol. The summed E-state index contributed by atoms with van der Waals surface area (Å²) in [6, 6.07) is 11.7. The Bertz CT molecular complexity index is 1250.